The van der Waals surface area contributed by atoms with Crippen LogP contribution in [0.1, 0.15) is 23.7 Å². The van der Waals surface area contributed by atoms with Gasteiger partial charge in [-0.15, -0.1) is 0 Å². The molecule has 0 bridgehead atoms. The molecular formula is C38H35CrN6O12S2+. The number of carbonyl (C=O) groups is 4. The number of benzene rings is 4. The molecule has 18 nitrogen and oxygen atoms in total. The van der Waals surface area contributed by atoms with E-state index in [9.17, 15) is 46.2 Å². The molecule has 0 atom stereocenters. The van der Waals surface area contributed by atoms with Gasteiger partial charge in [-0.05, 0) is 71.8 Å². The maximum atomic E-state index is 12.4. The first kappa shape index (κ1) is 44.9. The van der Waals surface area contributed by atoms with Crippen molar-refractivity contribution in [3.63, 3.8) is 0 Å². The number of amides is 2. The van der Waals surface area contributed by atoms with E-state index in [0.717, 1.165) is 12.5 Å². The summed E-state index contributed by atoms with van der Waals surface area (Å²) in [6.07, 6.45) is 6.44. The predicted octanol–water partition coefficient (Wildman–Crippen LogP) is 4.88. The molecule has 6 rings (SSSR count). The number of hydrogen-bond acceptors (Lipinski definition) is 16. The van der Waals surface area contributed by atoms with E-state index in [1.165, 1.54) is 62.8 Å². The van der Waals surface area contributed by atoms with E-state index < -0.39 is 43.4 Å². The normalized spacial score (nSPS) is 14.2. The minimum Gasteiger partial charge on any atom is -0.506 e. The number of ketones is 2. The quantitative estimate of drug-likeness (QED) is 0.102. The largest absolute Gasteiger partial charge is 1.00 e. The molecule has 0 saturated carbocycles. The Kier molecular flexibility index (Phi) is 14.2. The van der Waals surface area contributed by atoms with Gasteiger partial charge in [-0.2, -0.15) is 10.2 Å². The SMILES string of the molecule is COC(=O)Nc1cccc2c1/C(=N/Nc1cc(S(C)(=O)=O)ccc1O)C(=O)C=C2.COC(=O)Nc1cccc2c1/C(=N/Nc1cc(S(C)(=O)=O)ccc1O)C(=O)C=C2.[Cr].[H+]. The van der Waals surface area contributed by atoms with Crippen molar-refractivity contribution in [2.45, 2.75) is 9.79 Å². The number of hydrazone groups is 2. The number of carbonyl (C=O) groups excluding carboxylic acids is 4. The van der Waals surface area contributed by atoms with Crippen molar-refractivity contribution in [2.75, 3.05) is 48.2 Å². The molecule has 0 saturated heterocycles. The van der Waals surface area contributed by atoms with Crippen molar-refractivity contribution in [1.82, 2.24) is 0 Å². The van der Waals surface area contributed by atoms with Crippen LogP contribution in [-0.4, -0.2) is 89.0 Å². The average Bonchev–Trinajstić information content (AvgIpc) is 3.17. The van der Waals surface area contributed by atoms with E-state index in [1.54, 1.807) is 48.6 Å². The summed E-state index contributed by atoms with van der Waals surface area (Å²) in [5, 5.41) is 33.2. The number of fused-ring (bicyclic) bond motifs is 2. The molecule has 0 spiro atoms. The van der Waals surface area contributed by atoms with Gasteiger partial charge in [0.1, 0.15) is 22.9 Å². The number of nitrogens with zero attached hydrogens (tertiary/aromatic N) is 2. The molecule has 6 N–H and O–H groups in total. The standard InChI is InChI=1S/2C19H17N3O6S.Cr/c2*1-28-19(25)20-13-5-3-4-11-6-8-16(24)18(17(11)13)22-21-14-10-12(29(2,26)27)7-9-15(14)23;/h2*3-10,21,23H,1-2H3,(H,20,25);/p+1/b2*22-18+;. The molecule has 2 aliphatic carbocycles. The second kappa shape index (κ2) is 18.6. The van der Waals surface area contributed by atoms with Gasteiger partial charge in [-0.25, -0.2) is 26.4 Å². The Bertz CT molecular complexity index is 2540. The monoisotopic (exact) mass is 883 g/mol. The molecule has 0 heterocycles. The molecule has 0 radical (unpaired) electrons. The van der Waals surface area contributed by atoms with Crippen molar-refractivity contribution < 1.29 is 74.5 Å². The van der Waals surface area contributed by atoms with E-state index >= 15 is 0 Å². The maximum absolute atomic E-state index is 12.4. The van der Waals surface area contributed by atoms with Crippen molar-refractivity contribution >= 4 is 89.8 Å². The molecule has 2 amide bonds. The number of anilines is 4. The van der Waals surface area contributed by atoms with E-state index in [4.69, 9.17) is 0 Å². The Labute approximate surface area is 349 Å². The summed E-state index contributed by atoms with van der Waals surface area (Å²) >= 11 is 0. The fourth-order valence-corrected chi connectivity index (χ4v) is 6.63. The Morgan fingerprint density at radius 2 is 0.966 bits per heavy atom. The van der Waals surface area contributed by atoms with Crippen LogP contribution in [0.15, 0.2) is 105 Å². The van der Waals surface area contributed by atoms with Crippen LogP contribution >= 0.6 is 0 Å². The molecular weight excluding hydrogens is 849 g/mol. The summed E-state index contributed by atoms with van der Waals surface area (Å²) < 4.78 is 56.1. The first-order valence-corrected chi connectivity index (χ1v) is 20.3. The van der Waals surface area contributed by atoms with Crippen LogP contribution in [-0.2, 0) is 56.1 Å². The van der Waals surface area contributed by atoms with Crippen LogP contribution in [0.25, 0.3) is 12.2 Å². The molecule has 306 valence electrons. The van der Waals surface area contributed by atoms with Crippen LogP contribution in [0, 0.1) is 0 Å². The van der Waals surface area contributed by atoms with Crippen LogP contribution in [0.2, 0.25) is 0 Å². The number of allylic oxidation sites excluding steroid dienone is 2. The van der Waals surface area contributed by atoms with Gasteiger partial charge in [0.05, 0.1) is 46.8 Å². The van der Waals surface area contributed by atoms with Crippen molar-refractivity contribution in [3.05, 3.63) is 107 Å². The van der Waals surface area contributed by atoms with Gasteiger partial charge in [0, 0.05) is 41.0 Å². The number of phenols is 2. The van der Waals surface area contributed by atoms with Crippen LogP contribution in [0.5, 0.6) is 11.5 Å². The van der Waals surface area contributed by atoms with Crippen LogP contribution in [0.4, 0.5) is 32.3 Å². The van der Waals surface area contributed by atoms with Gasteiger partial charge >= 0.3 is 13.6 Å². The molecule has 0 unspecified atom stereocenters. The number of rotatable bonds is 8. The third-order valence-corrected chi connectivity index (χ3v) is 10.4. The molecule has 0 aliphatic heterocycles. The minimum absolute atomic E-state index is 0. The molecule has 21 heteroatoms. The third-order valence-electron chi connectivity index (χ3n) is 8.18. The third kappa shape index (κ3) is 10.8. The second-order valence-corrected chi connectivity index (χ2v) is 16.2. The summed E-state index contributed by atoms with van der Waals surface area (Å²) in [6.45, 7) is 0. The van der Waals surface area contributed by atoms with Gasteiger partial charge in [-0.3, -0.25) is 31.1 Å². The number of phenolic OH excluding ortho intramolecular Hbond substituents is 2. The topological polar surface area (TPSA) is 268 Å². The van der Waals surface area contributed by atoms with Crippen LogP contribution in [0.3, 0.4) is 0 Å². The Balaban J connectivity index is 0.000000310. The van der Waals surface area contributed by atoms with Gasteiger partial charge in [0.25, 0.3) is 0 Å². The summed E-state index contributed by atoms with van der Waals surface area (Å²) in [4.78, 5) is 48.1. The van der Waals surface area contributed by atoms with Gasteiger partial charge < -0.3 is 19.7 Å². The zero-order valence-corrected chi connectivity index (χ0v) is 34.2. The van der Waals surface area contributed by atoms with Gasteiger partial charge in [0.15, 0.2) is 19.7 Å². The van der Waals surface area contributed by atoms with Gasteiger partial charge in [0.2, 0.25) is 11.6 Å². The molecule has 0 aromatic heterocycles. The fourth-order valence-electron chi connectivity index (χ4n) is 5.34. The van der Waals surface area contributed by atoms with E-state index in [1.807, 2.05) is 0 Å². The van der Waals surface area contributed by atoms with Crippen molar-refractivity contribution in [3.8, 4) is 11.5 Å². The summed E-state index contributed by atoms with van der Waals surface area (Å²) in [7, 11) is -4.59. The molecule has 4 aromatic rings. The van der Waals surface area contributed by atoms with Crippen molar-refractivity contribution in [1.29, 1.82) is 0 Å². The Hall–Kier alpha value is -6.79. The zero-order chi connectivity index (χ0) is 42.4. The first-order chi connectivity index (χ1) is 27.4. The van der Waals surface area contributed by atoms with Crippen molar-refractivity contribution in [2.24, 2.45) is 10.2 Å². The van der Waals surface area contributed by atoms with E-state index in [-0.39, 0.29) is 62.9 Å². The number of methoxy groups -OCH3 is 2. The number of nitrogens with one attached hydrogen (secondary N) is 4. The smallest absolute Gasteiger partial charge is 0.506 e. The second-order valence-electron chi connectivity index (χ2n) is 12.2. The number of hydrogen-bond donors (Lipinski definition) is 6. The number of aromatic hydroxyl groups is 2. The molecule has 0 fully saturated rings. The summed E-state index contributed by atoms with van der Waals surface area (Å²) in [6, 6.07) is 17.4. The summed E-state index contributed by atoms with van der Waals surface area (Å²) in [5.41, 5.74) is 7.61. The fraction of sp³-hybridized carbons (Fsp3) is 0.105. The molecule has 59 heavy (non-hydrogen) atoms. The maximum Gasteiger partial charge on any atom is 1.00 e. The molecule has 4 aromatic carbocycles. The predicted molar refractivity (Wildman–Crippen MR) is 217 cm³/mol. The number of sulfone groups is 2. The average molecular weight is 884 g/mol. The first-order valence-electron chi connectivity index (χ1n) is 16.6. The number of ether oxygens (including phenoxy) is 2. The zero-order valence-electron chi connectivity index (χ0n) is 32.3. The Morgan fingerprint density at radius 1 is 0.593 bits per heavy atom. The van der Waals surface area contributed by atoms with Gasteiger partial charge in [-0.1, -0.05) is 36.4 Å². The molecule has 2 aliphatic rings. The Morgan fingerprint density at radius 3 is 1.31 bits per heavy atom. The van der Waals surface area contributed by atoms with E-state index in [0.29, 0.717) is 33.6 Å². The minimum atomic E-state index is -3.51. The summed E-state index contributed by atoms with van der Waals surface area (Å²) in [5.74, 6) is -1.38. The van der Waals surface area contributed by atoms with E-state index in [2.05, 4.69) is 41.2 Å². The van der Waals surface area contributed by atoms with Crippen LogP contribution < -0.4 is 21.5 Å².